The lowest BCUT2D eigenvalue weighted by molar-refractivity contribution is 0.0632. The van der Waals surface area contributed by atoms with Crippen molar-refractivity contribution in [3.8, 4) is 0 Å². The summed E-state index contributed by atoms with van der Waals surface area (Å²) < 4.78 is 0. The summed E-state index contributed by atoms with van der Waals surface area (Å²) in [5, 5.41) is 39.9. The van der Waals surface area contributed by atoms with E-state index in [1.54, 1.807) is 0 Å². The largest absolute Gasteiger partial charge is 0.478 e. The fourth-order valence-corrected chi connectivity index (χ4v) is 5.17. The highest BCUT2D eigenvalue weighted by Gasteiger charge is 2.35. The van der Waals surface area contributed by atoms with E-state index in [1.165, 1.54) is 12.8 Å². The maximum Gasteiger partial charge on any atom is 0.336 e. The Morgan fingerprint density at radius 1 is 0.395 bits per heavy atom. The summed E-state index contributed by atoms with van der Waals surface area (Å²) in [6, 6.07) is 0. The zero-order chi connectivity index (χ0) is 28.5. The highest BCUT2D eigenvalue weighted by Crippen LogP contribution is 2.32. The predicted molar refractivity (Wildman–Crippen MR) is 147 cm³/mol. The van der Waals surface area contributed by atoms with E-state index < -0.39 is 46.1 Å². The first-order valence-electron chi connectivity index (χ1n) is 14.3. The number of hydrogen-bond donors (Lipinski definition) is 4. The fraction of sp³-hybridized carbons (Fsp3) is 0.667. The van der Waals surface area contributed by atoms with Crippen molar-refractivity contribution in [1.29, 1.82) is 0 Å². The number of unbranched alkanes of at least 4 members (excludes halogenated alkanes) is 14. The third-order valence-corrected chi connectivity index (χ3v) is 7.12. The number of hydrogen-bond acceptors (Lipinski definition) is 4. The lowest BCUT2D eigenvalue weighted by Crippen LogP contribution is -2.24. The number of rotatable bonds is 22. The first-order chi connectivity index (χ1) is 18.2. The smallest absolute Gasteiger partial charge is 0.336 e. The van der Waals surface area contributed by atoms with Crippen molar-refractivity contribution in [3.05, 3.63) is 33.4 Å². The molecule has 0 radical (unpaired) electrons. The molecule has 0 aliphatic heterocycles. The Kier molecular flexibility index (Phi) is 16.0. The summed E-state index contributed by atoms with van der Waals surface area (Å²) in [6.45, 7) is 4.27. The van der Waals surface area contributed by atoms with Crippen LogP contribution in [0.3, 0.4) is 0 Å². The molecule has 0 unspecified atom stereocenters. The Morgan fingerprint density at radius 2 is 0.605 bits per heavy atom. The van der Waals surface area contributed by atoms with Crippen molar-refractivity contribution < 1.29 is 39.6 Å². The lowest BCUT2D eigenvalue weighted by atomic mass is 9.82. The van der Waals surface area contributed by atoms with Crippen LogP contribution in [0.4, 0.5) is 0 Å². The molecule has 1 rings (SSSR count). The van der Waals surface area contributed by atoms with Crippen LogP contribution in [0.1, 0.15) is 169 Å². The second-order valence-corrected chi connectivity index (χ2v) is 10.1. The fourth-order valence-electron chi connectivity index (χ4n) is 5.17. The average Bonchev–Trinajstić information content (AvgIpc) is 2.85. The van der Waals surface area contributed by atoms with Crippen LogP contribution >= 0.6 is 0 Å². The molecule has 0 saturated carbocycles. The summed E-state index contributed by atoms with van der Waals surface area (Å²) in [5.41, 5.74) is -2.75. The summed E-state index contributed by atoms with van der Waals surface area (Å²) in [4.78, 5) is 49.2. The molecule has 4 N–H and O–H groups in total. The molecule has 1 aromatic carbocycles. The number of carbonyl (C=O) groups is 4. The third-order valence-electron chi connectivity index (χ3n) is 7.12. The molecule has 38 heavy (non-hydrogen) atoms. The molecule has 8 heteroatoms. The van der Waals surface area contributed by atoms with Gasteiger partial charge >= 0.3 is 23.9 Å². The second-order valence-electron chi connectivity index (χ2n) is 10.1. The van der Waals surface area contributed by atoms with E-state index in [1.807, 2.05) is 0 Å². The molecule has 0 heterocycles. The van der Waals surface area contributed by atoms with Gasteiger partial charge in [-0.2, -0.15) is 0 Å². The Bertz CT molecular complexity index is 807. The van der Waals surface area contributed by atoms with Crippen LogP contribution < -0.4 is 0 Å². The molecule has 0 aromatic heterocycles. The van der Waals surface area contributed by atoms with E-state index in [2.05, 4.69) is 13.8 Å². The van der Waals surface area contributed by atoms with Crippen LogP contribution in [0, 0.1) is 0 Å². The molecule has 8 nitrogen and oxygen atoms in total. The maximum atomic E-state index is 12.3. The predicted octanol–water partition coefficient (Wildman–Crippen LogP) is 7.85. The van der Waals surface area contributed by atoms with E-state index in [9.17, 15) is 39.6 Å². The van der Waals surface area contributed by atoms with Crippen molar-refractivity contribution in [3.63, 3.8) is 0 Å². The number of carboxylic acids is 4. The van der Waals surface area contributed by atoms with E-state index in [0.29, 0.717) is 12.8 Å². The molecule has 0 amide bonds. The maximum absolute atomic E-state index is 12.3. The van der Waals surface area contributed by atoms with Gasteiger partial charge in [-0.1, -0.05) is 104 Å². The molecule has 214 valence electrons. The standard InChI is InChI=1S/C30H46O8/c1-3-5-7-9-11-13-15-17-19-21-23(27(31)32)25(29(35)36)22(26(30(37)38)24(21)28(33)34)20-18-16-14-12-10-8-6-4-2/h3-20H2,1-2H3,(H,31,32)(H,33,34)(H,35,36)(H,37,38). The molecule has 0 aliphatic rings. The highest BCUT2D eigenvalue weighted by molar-refractivity contribution is 6.12. The van der Waals surface area contributed by atoms with Crippen LogP contribution in [0.15, 0.2) is 0 Å². The topological polar surface area (TPSA) is 149 Å². The molecular formula is C30H46O8. The van der Waals surface area contributed by atoms with Crippen molar-refractivity contribution in [2.45, 2.75) is 129 Å². The molecular weight excluding hydrogens is 488 g/mol. The van der Waals surface area contributed by atoms with Gasteiger partial charge in [0.1, 0.15) is 0 Å². The Morgan fingerprint density at radius 3 is 0.816 bits per heavy atom. The normalized spacial score (nSPS) is 11.0. The second kappa shape index (κ2) is 18.4. The Labute approximate surface area is 226 Å². The minimum atomic E-state index is -1.55. The first-order valence-corrected chi connectivity index (χ1v) is 14.3. The summed E-state index contributed by atoms with van der Waals surface area (Å²) >= 11 is 0. The molecule has 0 bridgehead atoms. The molecule has 0 aliphatic carbocycles. The van der Waals surface area contributed by atoms with Gasteiger partial charge in [-0.25, -0.2) is 19.2 Å². The Hall–Kier alpha value is -2.90. The Balaban J connectivity index is 3.27. The third kappa shape index (κ3) is 10.5. The highest BCUT2D eigenvalue weighted by atomic mass is 16.4. The number of benzene rings is 1. The molecule has 0 spiro atoms. The molecule has 0 atom stereocenters. The average molecular weight is 535 g/mol. The molecule has 0 fully saturated rings. The van der Waals surface area contributed by atoms with E-state index >= 15 is 0 Å². The van der Waals surface area contributed by atoms with E-state index in [0.717, 1.165) is 77.0 Å². The van der Waals surface area contributed by atoms with Gasteiger partial charge in [0, 0.05) is 0 Å². The van der Waals surface area contributed by atoms with Crippen LogP contribution in [0.25, 0.3) is 0 Å². The zero-order valence-electron chi connectivity index (χ0n) is 23.1. The summed E-state index contributed by atoms with van der Waals surface area (Å²) in [5.74, 6) is -6.19. The van der Waals surface area contributed by atoms with Crippen LogP contribution in [-0.4, -0.2) is 44.3 Å². The van der Waals surface area contributed by atoms with Crippen molar-refractivity contribution in [1.82, 2.24) is 0 Å². The van der Waals surface area contributed by atoms with Crippen LogP contribution in [0.5, 0.6) is 0 Å². The first kappa shape index (κ1) is 33.1. The zero-order valence-corrected chi connectivity index (χ0v) is 23.1. The quantitative estimate of drug-likeness (QED) is 0.110. The minimum Gasteiger partial charge on any atom is -0.478 e. The van der Waals surface area contributed by atoms with Crippen molar-refractivity contribution >= 4 is 23.9 Å². The SMILES string of the molecule is CCCCCCCCCCc1c(C(=O)O)c(C(=O)O)c(CCCCCCCCCC)c(C(=O)O)c1C(=O)O. The summed E-state index contributed by atoms with van der Waals surface area (Å²) in [7, 11) is 0. The number of carboxylic acid groups (broad SMARTS) is 4. The van der Waals surface area contributed by atoms with Gasteiger partial charge in [0.25, 0.3) is 0 Å². The molecule has 0 saturated heterocycles. The monoisotopic (exact) mass is 534 g/mol. The van der Waals surface area contributed by atoms with Crippen molar-refractivity contribution in [2.24, 2.45) is 0 Å². The molecule has 1 aromatic rings. The van der Waals surface area contributed by atoms with Gasteiger partial charge in [0.2, 0.25) is 0 Å². The van der Waals surface area contributed by atoms with Crippen molar-refractivity contribution in [2.75, 3.05) is 0 Å². The van der Waals surface area contributed by atoms with Gasteiger partial charge in [0.05, 0.1) is 22.3 Å². The summed E-state index contributed by atoms with van der Waals surface area (Å²) in [6.07, 6.45) is 15.2. The minimum absolute atomic E-state index is 0.00315. The van der Waals surface area contributed by atoms with E-state index in [-0.39, 0.29) is 24.0 Å². The van der Waals surface area contributed by atoms with Gasteiger partial charge in [0.15, 0.2) is 0 Å². The van der Waals surface area contributed by atoms with Crippen LogP contribution in [0.2, 0.25) is 0 Å². The van der Waals surface area contributed by atoms with E-state index in [4.69, 9.17) is 0 Å². The van der Waals surface area contributed by atoms with Gasteiger partial charge in [-0.15, -0.1) is 0 Å². The number of aromatic carboxylic acids is 4. The van der Waals surface area contributed by atoms with Gasteiger partial charge in [-0.3, -0.25) is 0 Å². The van der Waals surface area contributed by atoms with Crippen LogP contribution in [-0.2, 0) is 12.8 Å². The van der Waals surface area contributed by atoms with Gasteiger partial charge < -0.3 is 20.4 Å². The lowest BCUT2D eigenvalue weighted by Gasteiger charge is -2.20. The van der Waals surface area contributed by atoms with Gasteiger partial charge in [-0.05, 0) is 36.8 Å².